The third-order valence-corrected chi connectivity index (χ3v) is 7.38. The standard InChI is InChI=1S/C19H18N2O7S2/c1-29(24,25)21(30(2,26)27)18-10-9-17(20(22)23)12-19(18)28-13-14-7-8-15-5-3-4-6-16(15)11-14/h3-12H,13H2,1-2H3. The molecule has 0 atom stereocenters. The van der Waals surface area contributed by atoms with E-state index < -0.39 is 25.0 Å². The lowest BCUT2D eigenvalue weighted by atomic mass is 10.1. The molecule has 9 nitrogen and oxygen atoms in total. The molecule has 0 bridgehead atoms. The third-order valence-electron chi connectivity index (χ3n) is 4.16. The SMILES string of the molecule is CS(=O)(=O)N(c1ccc([N+](=O)[O-])cc1OCc1ccc2ccccc2c1)S(C)(=O)=O. The number of fused-ring (bicyclic) bond motifs is 1. The zero-order valence-electron chi connectivity index (χ0n) is 16.0. The maximum absolute atomic E-state index is 12.1. The van der Waals surface area contributed by atoms with E-state index in [4.69, 9.17) is 4.74 Å². The summed E-state index contributed by atoms with van der Waals surface area (Å²) in [6, 6.07) is 16.2. The molecule has 0 aliphatic carbocycles. The van der Waals surface area contributed by atoms with Crippen LogP contribution in [0.25, 0.3) is 10.8 Å². The van der Waals surface area contributed by atoms with Crippen LogP contribution in [0.3, 0.4) is 0 Å². The number of sulfonamides is 2. The van der Waals surface area contributed by atoms with E-state index in [0.717, 1.165) is 47.0 Å². The first-order valence-electron chi connectivity index (χ1n) is 8.56. The van der Waals surface area contributed by atoms with Crippen molar-refractivity contribution in [2.75, 3.05) is 16.2 Å². The first-order chi connectivity index (χ1) is 14.0. The molecule has 0 radical (unpaired) electrons. The van der Waals surface area contributed by atoms with Gasteiger partial charge in [-0.1, -0.05) is 36.4 Å². The second-order valence-corrected chi connectivity index (χ2v) is 10.5. The average Bonchev–Trinajstić information content (AvgIpc) is 2.64. The van der Waals surface area contributed by atoms with Gasteiger partial charge in [0.25, 0.3) is 5.69 Å². The molecule has 11 heteroatoms. The fraction of sp³-hybridized carbons (Fsp3) is 0.158. The molecule has 3 aromatic rings. The van der Waals surface area contributed by atoms with E-state index in [-0.39, 0.29) is 27.4 Å². The first kappa shape index (κ1) is 21.5. The number of rotatable bonds is 7. The highest BCUT2D eigenvalue weighted by Crippen LogP contribution is 2.36. The van der Waals surface area contributed by atoms with Crippen LogP contribution in [0.4, 0.5) is 11.4 Å². The van der Waals surface area contributed by atoms with E-state index in [1.807, 2.05) is 36.4 Å². The Hall–Kier alpha value is -3.18. The van der Waals surface area contributed by atoms with Crippen LogP contribution in [0, 0.1) is 10.1 Å². The molecule has 0 heterocycles. The zero-order chi connectivity index (χ0) is 22.1. The van der Waals surface area contributed by atoms with E-state index in [1.54, 1.807) is 6.07 Å². The average molecular weight is 450 g/mol. The Morgan fingerprint density at radius 3 is 2.13 bits per heavy atom. The Balaban J connectivity index is 2.04. The summed E-state index contributed by atoms with van der Waals surface area (Å²) in [5, 5.41) is 13.1. The number of benzene rings is 3. The highest BCUT2D eigenvalue weighted by atomic mass is 32.3. The molecule has 3 rings (SSSR count). The van der Waals surface area contributed by atoms with Crippen LogP contribution < -0.4 is 8.45 Å². The van der Waals surface area contributed by atoms with Crippen molar-refractivity contribution in [2.24, 2.45) is 0 Å². The molecule has 3 aromatic carbocycles. The second-order valence-electron chi connectivity index (χ2n) is 6.60. The summed E-state index contributed by atoms with van der Waals surface area (Å²) < 4.78 is 54.4. The van der Waals surface area contributed by atoms with Gasteiger partial charge < -0.3 is 4.74 Å². The van der Waals surface area contributed by atoms with Crippen LogP contribution in [0.2, 0.25) is 0 Å². The summed E-state index contributed by atoms with van der Waals surface area (Å²) in [5.41, 5.74) is 0.0250. The van der Waals surface area contributed by atoms with Gasteiger partial charge in [-0.2, -0.15) is 3.71 Å². The van der Waals surface area contributed by atoms with Crippen molar-refractivity contribution in [2.45, 2.75) is 6.61 Å². The summed E-state index contributed by atoms with van der Waals surface area (Å²) in [5.74, 6) is -0.242. The summed E-state index contributed by atoms with van der Waals surface area (Å²) in [7, 11) is -8.50. The Labute approximate surface area is 173 Å². The lowest BCUT2D eigenvalue weighted by Gasteiger charge is -2.22. The minimum atomic E-state index is -4.25. The number of hydrogen-bond acceptors (Lipinski definition) is 7. The van der Waals surface area contributed by atoms with E-state index in [1.165, 1.54) is 0 Å². The number of hydrogen-bond donors (Lipinski definition) is 0. The topological polar surface area (TPSA) is 124 Å². The largest absolute Gasteiger partial charge is 0.486 e. The van der Waals surface area contributed by atoms with Gasteiger partial charge in [0.05, 0.1) is 23.5 Å². The van der Waals surface area contributed by atoms with Gasteiger partial charge in [-0.3, -0.25) is 10.1 Å². The minimum Gasteiger partial charge on any atom is -0.486 e. The maximum Gasteiger partial charge on any atom is 0.273 e. The van der Waals surface area contributed by atoms with Crippen molar-refractivity contribution in [3.63, 3.8) is 0 Å². The monoisotopic (exact) mass is 450 g/mol. The highest BCUT2D eigenvalue weighted by Gasteiger charge is 2.31. The van der Waals surface area contributed by atoms with Gasteiger partial charge in [0, 0.05) is 6.07 Å². The zero-order valence-corrected chi connectivity index (χ0v) is 17.7. The van der Waals surface area contributed by atoms with Gasteiger partial charge in [-0.15, -0.1) is 0 Å². The fourth-order valence-electron chi connectivity index (χ4n) is 2.98. The quantitative estimate of drug-likeness (QED) is 0.400. The van der Waals surface area contributed by atoms with E-state index >= 15 is 0 Å². The summed E-state index contributed by atoms with van der Waals surface area (Å²) in [4.78, 5) is 10.5. The van der Waals surface area contributed by atoms with E-state index in [9.17, 15) is 26.9 Å². The van der Waals surface area contributed by atoms with Crippen LogP contribution >= 0.6 is 0 Å². The number of nitro benzene ring substituents is 1. The normalized spacial score (nSPS) is 11.9. The number of ether oxygens (including phenoxy) is 1. The molecule has 0 saturated heterocycles. The molecule has 0 spiro atoms. The summed E-state index contributed by atoms with van der Waals surface area (Å²) in [6.07, 6.45) is 1.45. The number of nitrogens with zero attached hydrogens (tertiary/aromatic N) is 2. The van der Waals surface area contributed by atoms with Crippen molar-refractivity contribution >= 4 is 42.2 Å². The summed E-state index contributed by atoms with van der Waals surface area (Å²) >= 11 is 0. The fourth-order valence-corrected chi connectivity index (χ4v) is 5.96. The predicted octanol–water partition coefficient (Wildman–Crippen LogP) is 3.05. The maximum atomic E-state index is 12.1. The van der Waals surface area contributed by atoms with Crippen LogP contribution in [0.15, 0.2) is 60.7 Å². The van der Waals surface area contributed by atoms with Crippen molar-refractivity contribution in [1.82, 2.24) is 0 Å². The highest BCUT2D eigenvalue weighted by molar-refractivity contribution is 8.09. The van der Waals surface area contributed by atoms with E-state index in [0.29, 0.717) is 0 Å². The Kier molecular flexibility index (Phi) is 5.68. The molecule has 0 amide bonds. The van der Waals surface area contributed by atoms with Gasteiger partial charge in [-0.05, 0) is 28.5 Å². The molecule has 0 N–H and O–H groups in total. The number of non-ortho nitro benzene ring substituents is 1. The minimum absolute atomic E-state index is 0.0552. The van der Waals surface area contributed by atoms with Crippen molar-refractivity contribution in [3.05, 3.63) is 76.3 Å². The van der Waals surface area contributed by atoms with Crippen molar-refractivity contribution in [3.8, 4) is 5.75 Å². The predicted molar refractivity (Wildman–Crippen MR) is 114 cm³/mol. The Bertz CT molecular complexity index is 1300. The van der Waals surface area contributed by atoms with Gasteiger partial charge in [0.2, 0.25) is 20.0 Å². The van der Waals surface area contributed by atoms with Crippen LogP contribution in [-0.2, 0) is 26.7 Å². The van der Waals surface area contributed by atoms with Gasteiger partial charge in [-0.25, -0.2) is 16.8 Å². The molecule has 158 valence electrons. The molecule has 0 saturated carbocycles. The molecule has 0 unspecified atom stereocenters. The molecule has 0 aliphatic rings. The molecule has 0 aromatic heterocycles. The Morgan fingerprint density at radius 2 is 1.53 bits per heavy atom. The molecule has 30 heavy (non-hydrogen) atoms. The molecular formula is C19H18N2O7S2. The van der Waals surface area contributed by atoms with Crippen LogP contribution in [-0.4, -0.2) is 34.3 Å². The molecule has 0 fully saturated rings. The molecular weight excluding hydrogens is 432 g/mol. The van der Waals surface area contributed by atoms with Crippen LogP contribution in [0.5, 0.6) is 5.75 Å². The lowest BCUT2D eigenvalue weighted by Crippen LogP contribution is -2.35. The number of anilines is 1. The Morgan fingerprint density at radius 1 is 0.900 bits per heavy atom. The third kappa shape index (κ3) is 4.69. The van der Waals surface area contributed by atoms with Crippen LogP contribution in [0.1, 0.15) is 5.56 Å². The van der Waals surface area contributed by atoms with Crippen molar-refractivity contribution < 1.29 is 26.5 Å². The number of nitro groups is 1. The van der Waals surface area contributed by atoms with Gasteiger partial charge in [0.1, 0.15) is 12.3 Å². The summed E-state index contributed by atoms with van der Waals surface area (Å²) in [6.45, 7) is -0.0552. The smallest absolute Gasteiger partial charge is 0.273 e. The van der Waals surface area contributed by atoms with Gasteiger partial charge >= 0.3 is 0 Å². The van der Waals surface area contributed by atoms with E-state index in [2.05, 4.69) is 0 Å². The molecule has 0 aliphatic heterocycles. The van der Waals surface area contributed by atoms with Crippen molar-refractivity contribution in [1.29, 1.82) is 0 Å². The first-order valence-corrected chi connectivity index (χ1v) is 12.3. The second kappa shape index (κ2) is 7.92. The van der Waals surface area contributed by atoms with Gasteiger partial charge in [0.15, 0.2) is 5.75 Å². The lowest BCUT2D eigenvalue weighted by molar-refractivity contribution is -0.384.